The van der Waals surface area contributed by atoms with Crippen molar-refractivity contribution in [1.29, 1.82) is 0 Å². The highest BCUT2D eigenvalue weighted by Crippen LogP contribution is 2.34. The van der Waals surface area contributed by atoms with E-state index < -0.39 is 5.97 Å². The molecule has 0 atom stereocenters. The molecule has 0 aliphatic carbocycles. The van der Waals surface area contributed by atoms with Crippen LogP contribution in [0.3, 0.4) is 0 Å². The fraction of sp³-hybridized carbons (Fsp3) is 0. The zero-order valence-corrected chi connectivity index (χ0v) is 17.0. The van der Waals surface area contributed by atoms with Crippen LogP contribution in [0.2, 0.25) is 10.0 Å². The van der Waals surface area contributed by atoms with Crippen molar-refractivity contribution < 1.29 is 9.90 Å². The molecule has 0 amide bonds. The number of halogens is 2. The maximum Gasteiger partial charge on any atom is 0.339 e. The molecular formula is C23H15Cl2N3O2. The van der Waals surface area contributed by atoms with E-state index in [4.69, 9.17) is 23.2 Å². The van der Waals surface area contributed by atoms with Crippen LogP contribution in [0, 0.1) is 0 Å². The third kappa shape index (κ3) is 4.27. The Morgan fingerprint density at radius 1 is 0.967 bits per heavy atom. The second-order valence-electron chi connectivity index (χ2n) is 6.49. The summed E-state index contributed by atoms with van der Waals surface area (Å²) in [7, 11) is 0. The Morgan fingerprint density at radius 2 is 1.73 bits per heavy atom. The van der Waals surface area contributed by atoms with Gasteiger partial charge in [-0.3, -0.25) is 9.97 Å². The molecule has 0 bridgehead atoms. The summed E-state index contributed by atoms with van der Waals surface area (Å²) in [5.41, 5.74) is 3.64. The Kier molecular flexibility index (Phi) is 5.65. The zero-order chi connectivity index (χ0) is 21.1. The van der Waals surface area contributed by atoms with Gasteiger partial charge in [0.2, 0.25) is 0 Å². The van der Waals surface area contributed by atoms with Crippen LogP contribution in [0.4, 0.5) is 11.4 Å². The van der Waals surface area contributed by atoms with Crippen molar-refractivity contribution in [3.05, 3.63) is 93.9 Å². The van der Waals surface area contributed by atoms with Crippen LogP contribution in [0.25, 0.3) is 23.1 Å². The molecule has 0 saturated heterocycles. The zero-order valence-electron chi connectivity index (χ0n) is 15.5. The number of hydrogen-bond donors (Lipinski definition) is 2. The summed E-state index contributed by atoms with van der Waals surface area (Å²) < 4.78 is 0. The second kappa shape index (κ2) is 8.53. The van der Waals surface area contributed by atoms with E-state index in [2.05, 4.69) is 15.3 Å². The largest absolute Gasteiger partial charge is 0.478 e. The van der Waals surface area contributed by atoms with E-state index in [0.717, 1.165) is 11.1 Å². The van der Waals surface area contributed by atoms with E-state index in [-0.39, 0.29) is 5.56 Å². The monoisotopic (exact) mass is 435 g/mol. The summed E-state index contributed by atoms with van der Waals surface area (Å²) in [6, 6.07) is 14.4. The number of nitrogens with zero attached hydrogens (tertiary/aromatic N) is 2. The molecule has 2 aromatic heterocycles. The summed E-state index contributed by atoms with van der Waals surface area (Å²) in [5, 5.41) is 14.3. The van der Waals surface area contributed by atoms with Gasteiger partial charge in [0.05, 0.1) is 21.9 Å². The van der Waals surface area contributed by atoms with Gasteiger partial charge in [-0.15, -0.1) is 0 Å². The molecule has 5 nitrogen and oxygen atoms in total. The molecule has 0 spiro atoms. The van der Waals surface area contributed by atoms with Gasteiger partial charge in [-0.2, -0.15) is 0 Å². The molecule has 2 heterocycles. The summed E-state index contributed by atoms with van der Waals surface area (Å²) in [5.74, 6) is -1.08. The molecule has 0 unspecified atom stereocenters. The van der Waals surface area contributed by atoms with Crippen LogP contribution >= 0.6 is 23.2 Å². The lowest BCUT2D eigenvalue weighted by Gasteiger charge is -2.14. The SMILES string of the molecule is O=C(O)c1cnc2cc(/C=C/c3ccncc3)ccc2c1Nc1ccc(Cl)cc1Cl. The topological polar surface area (TPSA) is 75.1 Å². The van der Waals surface area contributed by atoms with Crippen LogP contribution in [0.15, 0.2) is 67.1 Å². The summed E-state index contributed by atoms with van der Waals surface area (Å²) in [6.07, 6.45) is 8.74. The fourth-order valence-corrected chi connectivity index (χ4v) is 3.46. The van der Waals surface area contributed by atoms with E-state index in [0.29, 0.717) is 32.3 Å². The number of aromatic nitrogens is 2. The highest BCUT2D eigenvalue weighted by Gasteiger charge is 2.16. The molecule has 0 saturated carbocycles. The average molecular weight is 436 g/mol. The third-order valence-electron chi connectivity index (χ3n) is 4.49. The molecule has 0 radical (unpaired) electrons. The Hall–Kier alpha value is -3.41. The van der Waals surface area contributed by atoms with E-state index >= 15 is 0 Å². The molecule has 30 heavy (non-hydrogen) atoms. The first-order valence-electron chi connectivity index (χ1n) is 8.97. The Morgan fingerprint density at radius 3 is 2.47 bits per heavy atom. The summed E-state index contributed by atoms with van der Waals surface area (Å²) in [6.45, 7) is 0. The number of benzene rings is 2. The average Bonchev–Trinajstić information content (AvgIpc) is 2.74. The number of nitrogens with one attached hydrogen (secondary N) is 1. The predicted molar refractivity (Wildman–Crippen MR) is 122 cm³/mol. The van der Waals surface area contributed by atoms with Crippen molar-refractivity contribution in [2.45, 2.75) is 0 Å². The number of fused-ring (bicyclic) bond motifs is 1. The van der Waals surface area contributed by atoms with E-state index in [9.17, 15) is 9.90 Å². The lowest BCUT2D eigenvalue weighted by Crippen LogP contribution is -2.05. The van der Waals surface area contributed by atoms with Gasteiger partial charge < -0.3 is 10.4 Å². The van der Waals surface area contributed by atoms with Crippen LogP contribution in [-0.4, -0.2) is 21.0 Å². The smallest absolute Gasteiger partial charge is 0.339 e. The van der Waals surface area contributed by atoms with Gasteiger partial charge in [0.15, 0.2) is 0 Å². The molecule has 148 valence electrons. The summed E-state index contributed by atoms with van der Waals surface area (Å²) in [4.78, 5) is 20.1. The molecular weight excluding hydrogens is 421 g/mol. The van der Waals surface area contributed by atoms with Crippen molar-refractivity contribution in [1.82, 2.24) is 9.97 Å². The molecule has 0 fully saturated rings. The van der Waals surface area contributed by atoms with Crippen molar-refractivity contribution in [2.24, 2.45) is 0 Å². The van der Waals surface area contributed by atoms with Crippen molar-refractivity contribution in [3.63, 3.8) is 0 Å². The van der Waals surface area contributed by atoms with Crippen LogP contribution in [0.5, 0.6) is 0 Å². The molecule has 0 aliphatic heterocycles. The quantitative estimate of drug-likeness (QED) is 0.371. The Balaban J connectivity index is 1.76. The normalized spacial score (nSPS) is 11.1. The van der Waals surface area contributed by atoms with Crippen molar-refractivity contribution in [2.75, 3.05) is 5.32 Å². The predicted octanol–water partition coefficient (Wildman–Crippen LogP) is 6.55. The minimum atomic E-state index is -1.08. The first-order chi connectivity index (χ1) is 14.5. The maximum absolute atomic E-state index is 11.8. The standard InChI is InChI=1S/C23H15Cl2N3O2/c24-16-4-6-20(19(25)12-16)28-22-17-5-3-15(2-1-14-7-9-26-10-8-14)11-21(17)27-13-18(22)23(29)30/h1-13H,(H,27,28)(H,29,30)/b2-1+. The lowest BCUT2D eigenvalue weighted by atomic mass is 10.1. The van der Waals surface area contributed by atoms with Crippen LogP contribution < -0.4 is 5.32 Å². The maximum atomic E-state index is 11.8. The van der Waals surface area contributed by atoms with Crippen molar-refractivity contribution in [3.8, 4) is 0 Å². The van der Waals surface area contributed by atoms with E-state index in [1.165, 1.54) is 6.20 Å². The van der Waals surface area contributed by atoms with Crippen molar-refractivity contribution >= 4 is 63.6 Å². The van der Waals surface area contributed by atoms with E-state index in [1.54, 1.807) is 30.6 Å². The number of carboxylic acid groups (broad SMARTS) is 1. The third-order valence-corrected chi connectivity index (χ3v) is 5.04. The number of hydrogen-bond acceptors (Lipinski definition) is 4. The highest BCUT2D eigenvalue weighted by molar-refractivity contribution is 6.36. The minimum absolute atomic E-state index is 0.0496. The van der Waals surface area contributed by atoms with Gasteiger partial charge in [0.1, 0.15) is 5.56 Å². The number of rotatable bonds is 5. The van der Waals surface area contributed by atoms with Gasteiger partial charge in [-0.25, -0.2) is 4.79 Å². The van der Waals surface area contributed by atoms with Gasteiger partial charge in [0, 0.05) is 29.0 Å². The number of carbonyl (C=O) groups is 1. The lowest BCUT2D eigenvalue weighted by molar-refractivity contribution is 0.0697. The van der Waals surface area contributed by atoms with Gasteiger partial charge in [-0.05, 0) is 47.5 Å². The second-order valence-corrected chi connectivity index (χ2v) is 7.34. The minimum Gasteiger partial charge on any atom is -0.478 e. The molecule has 4 rings (SSSR count). The highest BCUT2D eigenvalue weighted by atomic mass is 35.5. The van der Waals surface area contributed by atoms with Crippen LogP contribution in [-0.2, 0) is 0 Å². The molecule has 2 N–H and O–H groups in total. The molecule has 7 heteroatoms. The van der Waals surface area contributed by atoms with Crippen LogP contribution in [0.1, 0.15) is 21.5 Å². The number of pyridine rings is 2. The Bertz CT molecular complexity index is 1270. The van der Waals surface area contributed by atoms with Gasteiger partial charge >= 0.3 is 5.97 Å². The molecule has 2 aromatic carbocycles. The fourth-order valence-electron chi connectivity index (χ4n) is 3.00. The van der Waals surface area contributed by atoms with Gasteiger partial charge in [-0.1, -0.05) is 47.5 Å². The first-order valence-corrected chi connectivity index (χ1v) is 9.73. The van der Waals surface area contributed by atoms with E-state index in [1.807, 2.05) is 42.5 Å². The number of carboxylic acids is 1. The first kappa shape index (κ1) is 19.9. The summed E-state index contributed by atoms with van der Waals surface area (Å²) >= 11 is 12.2. The van der Waals surface area contributed by atoms with Gasteiger partial charge in [0.25, 0.3) is 0 Å². The number of aromatic carboxylic acids is 1. The molecule has 0 aliphatic rings. The Labute approximate surface area is 182 Å². The number of anilines is 2. The molecule has 4 aromatic rings.